The molecule has 0 amide bonds. The molecule has 1 aromatic rings. The maximum Gasteiger partial charge on any atom is 0.282 e. The van der Waals surface area contributed by atoms with Gasteiger partial charge >= 0.3 is 0 Å². The van der Waals surface area contributed by atoms with E-state index in [0.717, 1.165) is 25.8 Å². The molecule has 21 heavy (non-hydrogen) atoms. The number of aromatic nitrogens is 1. The molecule has 3 rings (SSSR count). The van der Waals surface area contributed by atoms with Crippen molar-refractivity contribution in [2.75, 3.05) is 6.54 Å². The Balaban J connectivity index is 1.55. The van der Waals surface area contributed by atoms with Crippen LogP contribution < -0.4 is 10.9 Å². The molecule has 2 aliphatic rings. The van der Waals surface area contributed by atoms with Gasteiger partial charge in [0.15, 0.2) is 0 Å². The zero-order valence-corrected chi connectivity index (χ0v) is 12.1. The predicted molar refractivity (Wildman–Crippen MR) is 74.6 cm³/mol. The summed E-state index contributed by atoms with van der Waals surface area (Å²) in [6.07, 6.45) is 5.29. The third-order valence-electron chi connectivity index (χ3n) is 4.86. The van der Waals surface area contributed by atoms with E-state index >= 15 is 0 Å². The fourth-order valence-corrected chi connectivity index (χ4v) is 3.66. The highest BCUT2D eigenvalue weighted by atomic mass is 19.3. The molecule has 6 heteroatoms. The van der Waals surface area contributed by atoms with Gasteiger partial charge in [-0.15, -0.1) is 0 Å². The normalized spacial score (nSPS) is 30.4. The third kappa shape index (κ3) is 3.54. The van der Waals surface area contributed by atoms with Gasteiger partial charge in [0, 0.05) is 24.9 Å². The summed E-state index contributed by atoms with van der Waals surface area (Å²) in [6.45, 7) is 0.839. The number of piperidine rings is 1. The van der Waals surface area contributed by atoms with Gasteiger partial charge < -0.3 is 9.84 Å². The third-order valence-corrected chi connectivity index (χ3v) is 4.86. The standard InChI is InChI=1S/C15H22F2N2O2/c16-15(17)5-1-11(2-6-15)9-12-10-13(3-7-18-12)19-14(20)4-8-21-19/h4,8,11-13,18H,1-3,5-7,9-10H2/t12-,13-/m0/s1. The Morgan fingerprint density at radius 1 is 1.33 bits per heavy atom. The van der Waals surface area contributed by atoms with Crippen LogP contribution in [0.3, 0.4) is 0 Å². The minimum Gasteiger partial charge on any atom is -0.384 e. The summed E-state index contributed by atoms with van der Waals surface area (Å²) >= 11 is 0. The summed E-state index contributed by atoms with van der Waals surface area (Å²) in [6, 6.07) is 1.81. The molecule has 0 unspecified atom stereocenters. The van der Waals surface area contributed by atoms with Crippen LogP contribution in [0, 0.1) is 5.92 Å². The van der Waals surface area contributed by atoms with Crippen LogP contribution in [-0.2, 0) is 0 Å². The number of nitrogens with one attached hydrogen (secondary N) is 1. The lowest BCUT2D eigenvalue weighted by molar-refractivity contribution is -0.0479. The van der Waals surface area contributed by atoms with Crippen LogP contribution in [0.1, 0.15) is 51.0 Å². The molecule has 0 spiro atoms. The van der Waals surface area contributed by atoms with E-state index in [1.807, 2.05) is 0 Å². The summed E-state index contributed by atoms with van der Waals surface area (Å²) < 4.78 is 33.1. The van der Waals surface area contributed by atoms with Crippen LogP contribution in [0.5, 0.6) is 0 Å². The van der Waals surface area contributed by atoms with Crippen LogP contribution >= 0.6 is 0 Å². The van der Waals surface area contributed by atoms with Gasteiger partial charge in [-0.1, -0.05) is 0 Å². The van der Waals surface area contributed by atoms with Gasteiger partial charge in [0.1, 0.15) is 6.26 Å². The maximum atomic E-state index is 13.2. The van der Waals surface area contributed by atoms with Crippen molar-refractivity contribution in [1.82, 2.24) is 10.1 Å². The number of hydrogen-bond acceptors (Lipinski definition) is 3. The van der Waals surface area contributed by atoms with Crippen LogP contribution in [0.15, 0.2) is 21.6 Å². The lowest BCUT2D eigenvalue weighted by atomic mass is 9.81. The molecule has 1 aromatic heterocycles. The van der Waals surface area contributed by atoms with E-state index < -0.39 is 5.92 Å². The fraction of sp³-hybridized carbons (Fsp3) is 0.800. The molecule has 1 saturated carbocycles. The number of nitrogens with zero attached hydrogens (tertiary/aromatic N) is 1. The van der Waals surface area contributed by atoms with E-state index in [4.69, 9.17) is 4.52 Å². The SMILES string of the molecule is O=c1ccon1[C@H]1CCN[C@@H](CC2CCC(F)(F)CC2)C1. The number of halogens is 2. The topological polar surface area (TPSA) is 47.2 Å². The van der Waals surface area contributed by atoms with Crippen LogP contribution in [0.2, 0.25) is 0 Å². The molecule has 0 aromatic carbocycles. The molecule has 2 fully saturated rings. The average Bonchev–Trinajstić information content (AvgIpc) is 2.88. The Morgan fingerprint density at radius 2 is 2.10 bits per heavy atom. The second-order valence-corrected chi connectivity index (χ2v) is 6.44. The van der Waals surface area contributed by atoms with Gasteiger partial charge in [0.25, 0.3) is 5.56 Å². The highest BCUT2D eigenvalue weighted by Gasteiger charge is 2.36. The molecule has 4 nitrogen and oxygen atoms in total. The molecular weight excluding hydrogens is 278 g/mol. The van der Waals surface area contributed by atoms with Gasteiger partial charge in [-0.25, -0.2) is 8.78 Å². The van der Waals surface area contributed by atoms with Crippen molar-refractivity contribution < 1.29 is 13.3 Å². The predicted octanol–water partition coefficient (Wildman–Crippen LogP) is 2.95. The first-order valence-electron chi connectivity index (χ1n) is 7.81. The second kappa shape index (κ2) is 5.91. The lowest BCUT2D eigenvalue weighted by Crippen LogP contribution is -2.42. The van der Waals surface area contributed by atoms with Gasteiger partial charge in [-0.3, -0.25) is 4.79 Å². The number of hydrogen-bond donors (Lipinski definition) is 1. The fourth-order valence-electron chi connectivity index (χ4n) is 3.66. The molecule has 1 saturated heterocycles. The van der Waals surface area contributed by atoms with Crippen molar-refractivity contribution in [2.24, 2.45) is 5.92 Å². The zero-order chi connectivity index (χ0) is 14.9. The number of rotatable bonds is 3. The van der Waals surface area contributed by atoms with Crippen LogP contribution in [-0.4, -0.2) is 23.2 Å². The first-order chi connectivity index (χ1) is 10.0. The summed E-state index contributed by atoms with van der Waals surface area (Å²) in [7, 11) is 0. The van der Waals surface area contributed by atoms with Crippen molar-refractivity contribution in [3.8, 4) is 0 Å². The first kappa shape index (κ1) is 14.8. The van der Waals surface area contributed by atoms with Crippen molar-refractivity contribution >= 4 is 0 Å². The smallest absolute Gasteiger partial charge is 0.282 e. The van der Waals surface area contributed by atoms with E-state index in [9.17, 15) is 13.6 Å². The average molecular weight is 300 g/mol. The van der Waals surface area contributed by atoms with E-state index in [1.165, 1.54) is 17.1 Å². The monoisotopic (exact) mass is 300 g/mol. The maximum absolute atomic E-state index is 13.2. The van der Waals surface area contributed by atoms with Crippen molar-refractivity contribution in [3.63, 3.8) is 0 Å². The molecule has 2 heterocycles. The molecule has 0 bridgehead atoms. The summed E-state index contributed by atoms with van der Waals surface area (Å²) in [4.78, 5) is 11.7. The van der Waals surface area contributed by atoms with Gasteiger partial charge in [-0.05, 0) is 44.6 Å². The first-order valence-corrected chi connectivity index (χ1v) is 7.81. The summed E-state index contributed by atoms with van der Waals surface area (Å²) in [5.41, 5.74) is -0.0991. The Bertz CT molecular complexity index is 516. The van der Waals surface area contributed by atoms with Gasteiger partial charge in [0.2, 0.25) is 5.92 Å². The number of alkyl halides is 2. The van der Waals surface area contributed by atoms with Gasteiger partial charge in [0.05, 0.1) is 6.04 Å². The van der Waals surface area contributed by atoms with Crippen molar-refractivity contribution in [1.29, 1.82) is 0 Å². The minimum absolute atomic E-state index is 0.0193. The van der Waals surface area contributed by atoms with E-state index in [0.29, 0.717) is 18.8 Å². The lowest BCUT2D eigenvalue weighted by Gasteiger charge is -2.34. The van der Waals surface area contributed by atoms with Crippen LogP contribution in [0.25, 0.3) is 0 Å². The zero-order valence-electron chi connectivity index (χ0n) is 12.1. The Morgan fingerprint density at radius 3 is 2.76 bits per heavy atom. The van der Waals surface area contributed by atoms with Crippen LogP contribution in [0.4, 0.5) is 8.78 Å². The molecular formula is C15H22F2N2O2. The largest absolute Gasteiger partial charge is 0.384 e. The minimum atomic E-state index is -2.46. The van der Waals surface area contributed by atoms with Gasteiger partial charge in [-0.2, -0.15) is 4.74 Å². The summed E-state index contributed by atoms with van der Waals surface area (Å²) in [5, 5.41) is 3.45. The molecule has 1 aliphatic carbocycles. The summed E-state index contributed by atoms with van der Waals surface area (Å²) in [5.74, 6) is -2.09. The Hall–Kier alpha value is -1.17. The molecule has 0 radical (unpaired) electrons. The highest BCUT2D eigenvalue weighted by Crippen LogP contribution is 2.38. The Labute approximate surface area is 122 Å². The van der Waals surface area contributed by atoms with Crippen molar-refractivity contribution in [2.45, 2.75) is 63.0 Å². The van der Waals surface area contributed by atoms with E-state index in [2.05, 4.69) is 5.32 Å². The quantitative estimate of drug-likeness (QED) is 0.933. The molecule has 1 N–H and O–H groups in total. The van der Waals surface area contributed by atoms with E-state index in [1.54, 1.807) is 0 Å². The molecule has 1 aliphatic heterocycles. The highest BCUT2D eigenvalue weighted by molar-refractivity contribution is 4.88. The van der Waals surface area contributed by atoms with E-state index in [-0.39, 0.29) is 30.5 Å². The Kier molecular flexibility index (Phi) is 4.15. The van der Waals surface area contributed by atoms with Crippen molar-refractivity contribution in [3.05, 3.63) is 22.7 Å². The molecule has 118 valence electrons. The molecule has 2 atom stereocenters. The second-order valence-electron chi connectivity index (χ2n) is 6.44.